The zero-order valence-electron chi connectivity index (χ0n) is 11.6. The summed E-state index contributed by atoms with van der Waals surface area (Å²) in [4.78, 5) is 10.8. The van der Waals surface area contributed by atoms with Crippen LogP contribution in [0.2, 0.25) is 5.28 Å². The first-order valence-corrected chi connectivity index (χ1v) is 7.37. The maximum absolute atomic E-state index is 5.96. The van der Waals surface area contributed by atoms with Crippen LogP contribution in [0.1, 0.15) is 19.3 Å². The SMILES string of the molecule is CN1CCCCC1COc1nc(Cl)nc2ccccc12. The van der Waals surface area contributed by atoms with E-state index in [1.54, 1.807) is 0 Å². The number of aromatic nitrogens is 2. The molecule has 1 fully saturated rings. The molecule has 106 valence electrons. The number of likely N-dealkylation sites (tertiary alicyclic amines) is 1. The quantitative estimate of drug-likeness (QED) is 0.814. The number of likely N-dealkylation sites (N-methyl/N-ethyl adjacent to an activating group) is 1. The number of para-hydroxylation sites is 1. The molecule has 2 heterocycles. The molecule has 1 aromatic carbocycles. The Bertz CT molecular complexity index is 605. The lowest BCUT2D eigenvalue weighted by atomic mass is 10.0. The minimum atomic E-state index is 0.232. The van der Waals surface area contributed by atoms with Gasteiger partial charge in [0.05, 0.1) is 10.9 Å². The number of ether oxygens (including phenoxy) is 1. The Hall–Kier alpha value is -1.39. The van der Waals surface area contributed by atoms with Gasteiger partial charge in [-0.2, -0.15) is 4.98 Å². The van der Waals surface area contributed by atoms with Gasteiger partial charge < -0.3 is 9.64 Å². The van der Waals surface area contributed by atoms with Crippen molar-refractivity contribution in [1.82, 2.24) is 14.9 Å². The molecule has 0 saturated carbocycles. The first-order valence-electron chi connectivity index (χ1n) is 6.99. The van der Waals surface area contributed by atoms with Crippen molar-refractivity contribution < 1.29 is 4.74 Å². The number of benzene rings is 1. The van der Waals surface area contributed by atoms with Crippen LogP contribution in [-0.2, 0) is 0 Å². The molecule has 0 aliphatic carbocycles. The molecule has 1 saturated heterocycles. The minimum absolute atomic E-state index is 0.232. The molecule has 1 aliphatic rings. The van der Waals surface area contributed by atoms with Gasteiger partial charge in [-0.3, -0.25) is 0 Å². The van der Waals surface area contributed by atoms with Crippen molar-refractivity contribution in [2.45, 2.75) is 25.3 Å². The number of nitrogens with zero attached hydrogens (tertiary/aromatic N) is 3. The van der Waals surface area contributed by atoms with Crippen molar-refractivity contribution in [2.24, 2.45) is 0 Å². The molecule has 1 atom stereocenters. The largest absolute Gasteiger partial charge is 0.475 e. The lowest BCUT2D eigenvalue weighted by Gasteiger charge is -2.32. The van der Waals surface area contributed by atoms with E-state index in [4.69, 9.17) is 16.3 Å². The molecule has 0 N–H and O–H groups in total. The fourth-order valence-electron chi connectivity index (χ4n) is 2.66. The maximum Gasteiger partial charge on any atom is 0.226 e. The average molecular weight is 292 g/mol. The van der Waals surface area contributed by atoms with Crippen LogP contribution >= 0.6 is 11.6 Å². The fourth-order valence-corrected chi connectivity index (χ4v) is 2.83. The summed E-state index contributed by atoms with van der Waals surface area (Å²) >= 11 is 5.96. The van der Waals surface area contributed by atoms with E-state index in [9.17, 15) is 0 Å². The Balaban J connectivity index is 1.80. The Morgan fingerprint density at radius 2 is 2.15 bits per heavy atom. The van der Waals surface area contributed by atoms with Crippen LogP contribution < -0.4 is 4.74 Å². The van der Waals surface area contributed by atoms with Crippen LogP contribution in [-0.4, -0.2) is 41.1 Å². The number of piperidine rings is 1. The predicted molar refractivity (Wildman–Crippen MR) is 80.3 cm³/mol. The third-order valence-corrected chi connectivity index (χ3v) is 4.04. The van der Waals surface area contributed by atoms with Gasteiger partial charge in [0.2, 0.25) is 11.2 Å². The molecular formula is C15H18ClN3O. The van der Waals surface area contributed by atoms with Crippen molar-refractivity contribution in [3.05, 3.63) is 29.5 Å². The molecule has 20 heavy (non-hydrogen) atoms. The molecule has 5 heteroatoms. The van der Waals surface area contributed by atoms with E-state index in [-0.39, 0.29) is 5.28 Å². The number of hydrogen-bond donors (Lipinski definition) is 0. The van der Waals surface area contributed by atoms with Gasteiger partial charge in [-0.15, -0.1) is 0 Å². The number of fused-ring (bicyclic) bond motifs is 1. The van der Waals surface area contributed by atoms with E-state index in [0.717, 1.165) is 17.4 Å². The summed E-state index contributed by atoms with van der Waals surface area (Å²) < 4.78 is 5.93. The summed E-state index contributed by atoms with van der Waals surface area (Å²) in [6.07, 6.45) is 3.71. The second kappa shape index (κ2) is 5.94. The summed E-state index contributed by atoms with van der Waals surface area (Å²) in [5.41, 5.74) is 0.819. The Morgan fingerprint density at radius 1 is 1.30 bits per heavy atom. The van der Waals surface area contributed by atoms with Crippen molar-refractivity contribution in [1.29, 1.82) is 0 Å². The lowest BCUT2D eigenvalue weighted by Crippen LogP contribution is -2.40. The highest BCUT2D eigenvalue weighted by molar-refractivity contribution is 6.28. The monoisotopic (exact) mass is 291 g/mol. The van der Waals surface area contributed by atoms with Crippen LogP contribution in [0.5, 0.6) is 5.88 Å². The summed E-state index contributed by atoms with van der Waals surface area (Å²) in [6, 6.07) is 8.23. The van der Waals surface area contributed by atoms with Crippen LogP contribution in [0.15, 0.2) is 24.3 Å². The molecule has 3 rings (SSSR count). The fraction of sp³-hybridized carbons (Fsp3) is 0.467. The van der Waals surface area contributed by atoms with Gasteiger partial charge in [0.15, 0.2) is 0 Å². The second-order valence-corrected chi connectivity index (χ2v) is 5.59. The molecule has 0 spiro atoms. The van der Waals surface area contributed by atoms with Gasteiger partial charge in [-0.1, -0.05) is 18.6 Å². The van der Waals surface area contributed by atoms with Crippen LogP contribution in [0.25, 0.3) is 10.9 Å². The van der Waals surface area contributed by atoms with Crippen molar-refractivity contribution in [3.8, 4) is 5.88 Å². The van der Waals surface area contributed by atoms with Crippen molar-refractivity contribution in [3.63, 3.8) is 0 Å². The standard InChI is InChI=1S/C15H18ClN3O/c1-19-9-5-4-6-11(19)10-20-14-12-7-2-3-8-13(12)17-15(16)18-14/h2-3,7-8,11H,4-6,9-10H2,1H3. The van der Waals surface area contributed by atoms with E-state index in [0.29, 0.717) is 18.5 Å². The maximum atomic E-state index is 5.96. The van der Waals surface area contributed by atoms with Crippen molar-refractivity contribution >= 4 is 22.5 Å². The third kappa shape index (κ3) is 2.86. The van der Waals surface area contributed by atoms with E-state index in [1.165, 1.54) is 19.3 Å². The van der Waals surface area contributed by atoms with E-state index >= 15 is 0 Å². The minimum Gasteiger partial charge on any atom is -0.475 e. The zero-order valence-corrected chi connectivity index (χ0v) is 12.3. The Morgan fingerprint density at radius 3 is 3.00 bits per heavy atom. The summed E-state index contributed by atoms with van der Waals surface area (Å²) in [5.74, 6) is 0.583. The lowest BCUT2D eigenvalue weighted by molar-refractivity contribution is 0.123. The first kappa shape index (κ1) is 13.6. The van der Waals surface area contributed by atoms with E-state index in [1.807, 2.05) is 24.3 Å². The van der Waals surface area contributed by atoms with Crippen LogP contribution in [0, 0.1) is 0 Å². The van der Waals surface area contributed by atoms with E-state index < -0.39 is 0 Å². The first-order chi connectivity index (χ1) is 9.74. The topological polar surface area (TPSA) is 38.2 Å². The average Bonchev–Trinajstić information content (AvgIpc) is 2.46. The van der Waals surface area contributed by atoms with Crippen LogP contribution in [0.4, 0.5) is 0 Å². The number of rotatable bonds is 3. The molecule has 0 bridgehead atoms. The third-order valence-electron chi connectivity index (χ3n) is 3.87. The second-order valence-electron chi connectivity index (χ2n) is 5.26. The van der Waals surface area contributed by atoms with Crippen molar-refractivity contribution in [2.75, 3.05) is 20.2 Å². The van der Waals surface area contributed by atoms with Crippen LogP contribution in [0.3, 0.4) is 0 Å². The molecule has 0 amide bonds. The number of halogens is 1. The zero-order chi connectivity index (χ0) is 13.9. The smallest absolute Gasteiger partial charge is 0.226 e. The van der Waals surface area contributed by atoms with Gasteiger partial charge >= 0.3 is 0 Å². The van der Waals surface area contributed by atoms with Gasteiger partial charge in [0, 0.05) is 6.04 Å². The number of hydrogen-bond acceptors (Lipinski definition) is 4. The Kier molecular flexibility index (Phi) is 4.03. The Labute approximate surface area is 123 Å². The molecule has 1 aliphatic heterocycles. The molecule has 4 nitrogen and oxygen atoms in total. The van der Waals surface area contributed by atoms with Gasteiger partial charge in [0.25, 0.3) is 0 Å². The molecule has 2 aromatic rings. The van der Waals surface area contributed by atoms with Gasteiger partial charge in [-0.05, 0) is 50.2 Å². The summed E-state index contributed by atoms with van der Waals surface area (Å²) in [6.45, 7) is 1.78. The predicted octanol–water partition coefficient (Wildman–Crippen LogP) is 3.15. The van der Waals surface area contributed by atoms with Gasteiger partial charge in [0.1, 0.15) is 6.61 Å². The molecule has 1 aromatic heterocycles. The highest BCUT2D eigenvalue weighted by Crippen LogP contribution is 2.25. The molecular weight excluding hydrogens is 274 g/mol. The van der Waals surface area contributed by atoms with E-state index in [2.05, 4.69) is 21.9 Å². The molecule has 1 unspecified atom stereocenters. The highest BCUT2D eigenvalue weighted by atomic mass is 35.5. The summed E-state index contributed by atoms with van der Waals surface area (Å²) in [7, 11) is 2.15. The normalized spacial score (nSPS) is 20.2. The highest BCUT2D eigenvalue weighted by Gasteiger charge is 2.20. The summed E-state index contributed by atoms with van der Waals surface area (Å²) in [5, 5.41) is 1.14. The van der Waals surface area contributed by atoms with Gasteiger partial charge in [-0.25, -0.2) is 4.98 Å². The molecule has 0 radical (unpaired) electrons.